The highest BCUT2D eigenvalue weighted by molar-refractivity contribution is 6.00. The van der Waals surface area contributed by atoms with E-state index < -0.39 is 151 Å². The molecule has 0 saturated heterocycles. The molecule has 11 atom stereocenters. The Balaban J connectivity index is 1.70. The van der Waals surface area contributed by atoms with Crippen LogP contribution in [0.25, 0.3) is 21.8 Å². The van der Waals surface area contributed by atoms with E-state index in [0.717, 1.165) is 0 Å². The summed E-state index contributed by atoms with van der Waals surface area (Å²) in [6, 6.07) is -1.86. The number of aliphatic imine (C=N–C) groups is 4. The summed E-state index contributed by atoms with van der Waals surface area (Å²) >= 11 is 0. The van der Waals surface area contributed by atoms with Gasteiger partial charge in [0.15, 0.2) is 23.8 Å². The molecule has 109 heavy (non-hydrogen) atoms. The first-order valence-corrected chi connectivity index (χ1v) is 36.1. The van der Waals surface area contributed by atoms with E-state index in [9.17, 15) is 53.4 Å². The molecular weight excluding hydrogens is 1410 g/mol. The number of aliphatic hydroxyl groups excluding tert-OH is 2. The molecule has 11 amide bonds. The minimum absolute atomic E-state index is 0.000170. The van der Waals surface area contributed by atoms with Gasteiger partial charge in [0.05, 0.1) is 19.3 Å². The van der Waals surface area contributed by atoms with Crippen LogP contribution >= 0.6 is 0 Å². The first-order chi connectivity index (χ1) is 51.8. The normalized spacial score (nSPS) is 14.2. The number of amides is 11. The van der Waals surface area contributed by atoms with Crippen LogP contribution in [0.4, 0.5) is 0 Å². The minimum atomic E-state index is -1.80. The Morgan fingerprint density at radius 1 is 0.385 bits per heavy atom. The number of nitrogens with one attached hydrogen (secondary N) is 12. The number of H-pyrrole nitrogens is 2. The summed E-state index contributed by atoms with van der Waals surface area (Å²) < 4.78 is 0. The van der Waals surface area contributed by atoms with Crippen LogP contribution in [0.5, 0.6) is 0 Å². The lowest BCUT2D eigenvalue weighted by molar-refractivity contribution is -0.137. The van der Waals surface area contributed by atoms with Gasteiger partial charge in [-0.3, -0.25) is 72.7 Å². The van der Waals surface area contributed by atoms with Crippen molar-refractivity contribution in [2.75, 3.05) is 45.9 Å². The molecule has 2 aromatic carbocycles. The van der Waals surface area contributed by atoms with Gasteiger partial charge in [-0.05, 0) is 112 Å². The van der Waals surface area contributed by atoms with Crippen LogP contribution in [0.3, 0.4) is 0 Å². The van der Waals surface area contributed by atoms with Gasteiger partial charge in [-0.15, -0.1) is 0 Å². The van der Waals surface area contributed by atoms with Crippen LogP contribution in [0, 0.1) is 11.8 Å². The Kier molecular flexibility index (Phi) is 38.5. The molecule has 36 N–H and O–H groups in total. The number of carbonyl (C=O) groups excluding carboxylic acids is 11. The van der Waals surface area contributed by atoms with Crippen LogP contribution in [-0.2, 0) is 65.6 Å². The van der Waals surface area contributed by atoms with Gasteiger partial charge >= 0.3 is 0 Å². The van der Waals surface area contributed by atoms with E-state index in [1.54, 1.807) is 88.6 Å². The van der Waals surface area contributed by atoms with E-state index in [0.29, 0.717) is 52.3 Å². The monoisotopic (exact) mass is 1530 g/mol. The Hall–Kier alpha value is -11.4. The second-order valence-corrected chi connectivity index (χ2v) is 27.0. The molecule has 40 heteroatoms. The Bertz CT molecular complexity index is 3790. The van der Waals surface area contributed by atoms with Crippen molar-refractivity contribution < 1.29 is 63.0 Å². The van der Waals surface area contributed by atoms with Crippen molar-refractivity contribution in [2.24, 2.45) is 94.9 Å². The van der Waals surface area contributed by atoms with Crippen molar-refractivity contribution in [3.05, 3.63) is 72.1 Å². The zero-order valence-electron chi connectivity index (χ0n) is 62.2. The summed E-state index contributed by atoms with van der Waals surface area (Å²) in [5, 5.41) is 48.5. The minimum Gasteiger partial charge on any atom is -0.394 e. The molecule has 0 bridgehead atoms. The molecular formula is C69H113N27O13. The molecule has 0 fully saturated rings. The van der Waals surface area contributed by atoms with Gasteiger partial charge in [0.1, 0.15) is 60.4 Å². The molecule has 0 spiro atoms. The lowest BCUT2D eigenvalue weighted by Gasteiger charge is -2.29. The first kappa shape index (κ1) is 90.0. The van der Waals surface area contributed by atoms with Gasteiger partial charge < -0.3 is 136 Å². The van der Waals surface area contributed by atoms with Crippen molar-refractivity contribution in [2.45, 2.75) is 184 Å². The van der Waals surface area contributed by atoms with Crippen molar-refractivity contribution in [1.82, 2.24) is 63.1 Å². The number of hydrogen-bond donors (Lipinski definition) is 25. The fraction of sp³-hybridized carbons (Fsp3) is 0.551. The molecule has 0 aliphatic rings. The van der Waals surface area contributed by atoms with Crippen LogP contribution in [0.15, 0.2) is 80.9 Å². The lowest BCUT2D eigenvalue weighted by Crippen LogP contribution is -2.62. The van der Waals surface area contributed by atoms with Gasteiger partial charge in [0, 0.05) is 73.2 Å². The lowest BCUT2D eigenvalue weighted by atomic mass is 9.99. The number of primary amides is 1. The average Bonchev–Trinajstić information content (AvgIpc) is 1.72. The second kappa shape index (κ2) is 46.6. The molecule has 602 valence electrons. The quantitative estimate of drug-likeness (QED) is 0.0111. The van der Waals surface area contributed by atoms with E-state index in [-0.39, 0.29) is 133 Å². The van der Waals surface area contributed by atoms with E-state index in [1.165, 1.54) is 0 Å². The first-order valence-electron chi connectivity index (χ1n) is 36.1. The number of para-hydroxylation sites is 2. The highest BCUT2D eigenvalue weighted by atomic mass is 16.3. The molecule has 0 radical (unpaired) electrons. The largest absolute Gasteiger partial charge is 0.394 e. The molecule has 0 aliphatic heterocycles. The highest BCUT2D eigenvalue weighted by Crippen LogP contribution is 2.22. The third-order valence-electron chi connectivity index (χ3n) is 17.3. The number of rotatable bonds is 50. The SMILES string of the molecule is CC(C)C[C@H](NC(=O)[C@H](CO)NC(=O)[C@@H](N)CCCCN)C(=O)N[C@@H](CCCN=C(N)N)C(=O)N[C@@H](CCCN=C(N)N)C(=O)N[C@H](C(=O)N[C@@H](Cc1c[nH]c2ccccc12)C(=O)N[C@@H](CCCN=C(N)N)C(=O)N[C@@H](CO)C(=O)N[C@@H](Cc1c[nH]c2ccccc12)C(=O)N[C@@H](CCCN=C(N)N)C(N)=O)C(C)C. The van der Waals surface area contributed by atoms with Crippen molar-refractivity contribution in [3.63, 3.8) is 0 Å². The number of hydrogen-bond acceptors (Lipinski definition) is 19. The van der Waals surface area contributed by atoms with Crippen molar-refractivity contribution in [1.29, 1.82) is 0 Å². The third kappa shape index (κ3) is 31.5. The summed E-state index contributed by atoms with van der Waals surface area (Å²) in [6.45, 7) is 5.15. The summed E-state index contributed by atoms with van der Waals surface area (Å²) in [4.78, 5) is 179. The van der Waals surface area contributed by atoms with E-state index in [4.69, 9.17) is 63.1 Å². The summed E-state index contributed by atoms with van der Waals surface area (Å²) in [6.07, 6.45) is 4.03. The number of benzene rings is 2. The molecule has 0 unspecified atom stereocenters. The van der Waals surface area contributed by atoms with E-state index in [2.05, 4.69) is 83.1 Å². The van der Waals surface area contributed by atoms with Crippen LogP contribution < -0.4 is 116 Å². The van der Waals surface area contributed by atoms with Gasteiger partial charge in [0.25, 0.3) is 0 Å². The van der Waals surface area contributed by atoms with Crippen LogP contribution in [0.2, 0.25) is 0 Å². The standard InChI is InChI=1S/C69H113N27O13/c1-36(2)29-49(91-63(107)52(34-97)94-56(100)42(71)17-9-10-24-70)60(104)89-46(21-12-26-82-67(75)76)57(101)88-48(23-14-28-84-69(79)80)59(103)96-54(37(3)4)65(109)93-51(31-39-33-86-44-19-8-6-16-41(39)44)62(106)90-47(22-13-27-83-68(77)78)58(102)95-53(35-98)64(108)92-50(30-38-32-85-43-18-7-5-15-40(38)43)61(105)87-45(55(72)99)20-11-25-81-66(73)74/h5-8,15-16,18-19,32-33,36-37,42,45-54,85-86,97-98H,9-14,17,20-31,34-35,70-71H2,1-4H3,(H2,72,99)(H,87,105)(H,88,101)(H,89,104)(H,90,106)(H,91,107)(H,92,108)(H,93,109)(H,94,100)(H,95,102)(H,96,103)(H4,73,74,81)(H4,75,76,82)(H4,77,78,83)(H4,79,80,84)/t42-,45-,46-,47-,48-,49-,50-,51-,52-,53-,54-/m0/s1. The fourth-order valence-corrected chi connectivity index (χ4v) is 11.5. The van der Waals surface area contributed by atoms with Gasteiger partial charge in [-0.25, -0.2) is 0 Å². The number of carbonyl (C=O) groups is 11. The Morgan fingerprint density at radius 2 is 0.706 bits per heavy atom. The third-order valence-corrected chi connectivity index (χ3v) is 17.3. The zero-order chi connectivity index (χ0) is 80.9. The van der Waals surface area contributed by atoms with Gasteiger partial charge in [0.2, 0.25) is 65.0 Å². The molecule has 4 rings (SSSR count). The smallest absolute Gasteiger partial charge is 0.245 e. The zero-order valence-corrected chi connectivity index (χ0v) is 62.2. The van der Waals surface area contributed by atoms with Crippen LogP contribution in [-0.4, -0.2) is 221 Å². The molecule has 0 aliphatic carbocycles. The van der Waals surface area contributed by atoms with Crippen LogP contribution in [0.1, 0.15) is 116 Å². The number of aromatic nitrogens is 2. The predicted octanol–water partition coefficient (Wildman–Crippen LogP) is -6.87. The average molecular weight is 1530 g/mol. The molecule has 0 saturated carbocycles. The molecule has 40 nitrogen and oxygen atoms in total. The number of aliphatic hydroxyl groups is 2. The number of guanidine groups is 4. The van der Waals surface area contributed by atoms with Crippen molar-refractivity contribution in [3.8, 4) is 0 Å². The maximum absolute atomic E-state index is 15.1. The number of unbranched alkanes of at least 4 members (excludes halogenated alkanes) is 1. The van der Waals surface area contributed by atoms with Crippen molar-refractivity contribution >= 4 is 111 Å². The summed E-state index contributed by atoms with van der Waals surface area (Å²) in [7, 11) is 0. The van der Waals surface area contributed by atoms with E-state index in [1.807, 2.05) is 0 Å². The highest BCUT2D eigenvalue weighted by Gasteiger charge is 2.38. The summed E-state index contributed by atoms with van der Waals surface area (Å²) in [5.74, 6) is -12.1. The number of fused-ring (bicyclic) bond motifs is 2. The maximum Gasteiger partial charge on any atom is 0.245 e. The Morgan fingerprint density at radius 3 is 1.08 bits per heavy atom. The molecule has 2 heterocycles. The van der Waals surface area contributed by atoms with E-state index >= 15 is 9.59 Å². The molecule has 2 aromatic heterocycles. The number of nitrogens with two attached hydrogens (primary N) is 11. The fourth-order valence-electron chi connectivity index (χ4n) is 11.5. The Labute approximate surface area is 631 Å². The number of nitrogens with zero attached hydrogens (tertiary/aromatic N) is 4. The topological polar surface area (TPSA) is 716 Å². The second-order valence-electron chi connectivity index (χ2n) is 27.0. The van der Waals surface area contributed by atoms with Gasteiger partial charge in [-0.2, -0.15) is 0 Å². The van der Waals surface area contributed by atoms with Gasteiger partial charge in [-0.1, -0.05) is 70.5 Å². The number of aromatic amines is 2. The maximum atomic E-state index is 15.1. The summed E-state index contributed by atoms with van der Waals surface area (Å²) in [5.41, 5.74) is 64.4. The predicted molar refractivity (Wildman–Crippen MR) is 411 cm³/mol. The molecule has 4 aromatic rings.